The summed E-state index contributed by atoms with van der Waals surface area (Å²) in [7, 11) is -3.96. The Balaban J connectivity index is 1.73. The predicted molar refractivity (Wildman–Crippen MR) is 138 cm³/mol. The Kier molecular flexibility index (Phi) is 10.3. The van der Waals surface area contributed by atoms with Gasteiger partial charge in [-0.15, -0.1) is 0 Å². The van der Waals surface area contributed by atoms with Gasteiger partial charge in [0.15, 0.2) is 9.84 Å². The van der Waals surface area contributed by atoms with Gasteiger partial charge < -0.3 is 9.84 Å². The molecule has 0 saturated heterocycles. The van der Waals surface area contributed by atoms with Crippen LogP contribution in [0.15, 0.2) is 65.6 Å². The van der Waals surface area contributed by atoms with Crippen molar-refractivity contribution >= 4 is 15.8 Å². The Labute approximate surface area is 228 Å². The molecule has 0 saturated carbocycles. The van der Waals surface area contributed by atoms with Crippen molar-refractivity contribution in [2.24, 2.45) is 0 Å². The number of benzene rings is 3. The highest BCUT2D eigenvalue weighted by molar-refractivity contribution is 7.90. The van der Waals surface area contributed by atoms with E-state index in [-0.39, 0.29) is 31.0 Å². The number of carbonyl (C=O) groups is 1. The van der Waals surface area contributed by atoms with Crippen LogP contribution in [0.4, 0.5) is 22.0 Å². The number of rotatable bonds is 13. The summed E-state index contributed by atoms with van der Waals surface area (Å²) < 4.78 is 98.6. The fourth-order valence-corrected chi connectivity index (χ4v) is 5.11. The van der Waals surface area contributed by atoms with Crippen molar-refractivity contribution in [1.29, 1.82) is 0 Å². The molecule has 0 unspecified atom stereocenters. The Morgan fingerprint density at radius 3 is 2.33 bits per heavy atom. The van der Waals surface area contributed by atoms with E-state index in [1.807, 2.05) is 30.3 Å². The largest absolute Gasteiger partial charge is 0.493 e. The number of carboxylic acid groups (broad SMARTS) is 1. The summed E-state index contributed by atoms with van der Waals surface area (Å²) in [5.74, 6) is -3.89. The minimum Gasteiger partial charge on any atom is -0.493 e. The molecule has 0 heterocycles. The van der Waals surface area contributed by atoms with E-state index in [1.54, 1.807) is 4.90 Å². The first-order chi connectivity index (χ1) is 18.8. The fraction of sp³-hybridized carbons (Fsp3) is 0.321. The molecule has 12 heteroatoms. The SMILES string of the molecule is CS(=O)(=O)c1cc(OCCCN(CCc2ccccc2)Cc2cccc(C(F)(F)F)c2F)cc(F)c1CC(=O)O. The first-order valence-corrected chi connectivity index (χ1v) is 14.1. The smallest absolute Gasteiger partial charge is 0.419 e. The van der Waals surface area contributed by atoms with Gasteiger partial charge in [-0.25, -0.2) is 17.2 Å². The van der Waals surface area contributed by atoms with Gasteiger partial charge in [0.1, 0.15) is 17.4 Å². The van der Waals surface area contributed by atoms with Gasteiger partial charge in [-0.3, -0.25) is 9.69 Å². The fourth-order valence-electron chi connectivity index (χ4n) is 4.17. The third-order valence-corrected chi connectivity index (χ3v) is 7.24. The maximum Gasteiger partial charge on any atom is 0.419 e. The number of ether oxygens (including phenoxy) is 1. The predicted octanol–water partition coefficient (Wildman–Crippen LogP) is 5.53. The lowest BCUT2D eigenvalue weighted by Crippen LogP contribution is -2.28. The highest BCUT2D eigenvalue weighted by Crippen LogP contribution is 2.33. The molecule has 216 valence electrons. The van der Waals surface area contributed by atoms with Crippen LogP contribution in [-0.2, 0) is 40.2 Å². The summed E-state index contributed by atoms with van der Waals surface area (Å²) in [5, 5.41) is 8.99. The molecule has 3 rings (SSSR count). The third kappa shape index (κ3) is 8.75. The number of halogens is 5. The summed E-state index contributed by atoms with van der Waals surface area (Å²) in [5.41, 5.74) is -0.944. The van der Waals surface area contributed by atoms with Crippen LogP contribution in [0.3, 0.4) is 0 Å². The molecule has 0 aliphatic carbocycles. The van der Waals surface area contributed by atoms with Crippen molar-refractivity contribution in [2.45, 2.75) is 36.9 Å². The molecule has 0 fully saturated rings. The Morgan fingerprint density at radius 2 is 1.70 bits per heavy atom. The van der Waals surface area contributed by atoms with Crippen LogP contribution in [-0.4, -0.2) is 50.3 Å². The number of nitrogens with zero attached hydrogens (tertiary/aromatic N) is 1. The maximum absolute atomic E-state index is 14.7. The molecule has 0 amide bonds. The molecule has 0 bridgehead atoms. The second-order valence-corrected chi connectivity index (χ2v) is 11.2. The van der Waals surface area contributed by atoms with Crippen LogP contribution in [0.1, 0.15) is 28.7 Å². The normalized spacial score (nSPS) is 12.1. The molecular weight excluding hydrogens is 557 g/mol. The molecule has 0 aromatic heterocycles. The highest BCUT2D eigenvalue weighted by Gasteiger charge is 2.35. The minimum atomic E-state index is -4.83. The van der Waals surface area contributed by atoms with Crippen LogP contribution in [0.25, 0.3) is 0 Å². The second kappa shape index (κ2) is 13.2. The summed E-state index contributed by atoms with van der Waals surface area (Å²) >= 11 is 0. The van der Waals surface area contributed by atoms with Crippen LogP contribution in [0.5, 0.6) is 5.75 Å². The van der Waals surface area contributed by atoms with Crippen molar-refractivity contribution in [3.05, 3.63) is 94.6 Å². The maximum atomic E-state index is 14.7. The van der Waals surface area contributed by atoms with E-state index in [1.165, 1.54) is 6.07 Å². The zero-order chi connectivity index (χ0) is 29.5. The van der Waals surface area contributed by atoms with Gasteiger partial charge >= 0.3 is 12.1 Å². The van der Waals surface area contributed by atoms with E-state index >= 15 is 0 Å². The minimum absolute atomic E-state index is 0.0200. The highest BCUT2D eigenvalue weighted by atomic mass is 32.2. The lowest BCUT2D eigenvalue weighted by molar-refractivity contribution is -0.140. The van der Waals surface area contributed by atoms with E-state index in [4.69, 9.17) is 9.84 Å². The topological polar surface area (TPSA) is 83.9 Å². The molecule has 0 atom stereocenters. The molecule has 40 heavy (non-hydrogen) atoms. The number of aliphatic carboxylic acids is 1. The van der Waals surface area contributed by atoms with Crippen LogP contribution in [0.2, 0.25) is 0 Å². The van der Waals surface area contributed by atoms with Crippen molar-refractivity contribution in [1.82, 2.24) is 4.90 Å². The molecule has 3 aromatic carbocycles. The second-order valence-electron chi connectivity index (χ2n) is 9.21. The first-order valence-electron chi connectivity index (χ1n) is 12.2. The van der Waals surface area contributed by atoms with Gasteiger partial charge in [0.2, 0.25) is 0 Å². The first kappa shape index (κ1) is 31.0. The third-order valence-electron chi connectivity index (χ3n) is 6.08. The quantitative estimate of drug-likeness (QED) is 0.210. The zero-order valence-electron chi connectivity index (χ0n) is 21.5. The molecule has 6 nitrogen and oxygen atoms in total. The molecular formula is C28H28F5NO5S. The number of hydrogen-bond acceptors (Lipinski definition) is 5. The number of sulfone groups is 1. The van der Waals surface area contributed by atoms with Gasteiger partial charge in [-0.1, -0.05) is 42.5 Å². The van der Waals surface area contributed by atoms with Crippen LogP contribution < -0.4 is 4.74 Å². The Bertz CT molecular complexity index is 1430. The molecule has 1 N–H and O–H groups in total. The van der Waals surface area contributed by atoms with Crippen molar-refractivity contribution in [2.75, 3.05) is 26.0 Å². The zero-order valence-corrected chi connectivity index (χ0v) is 22.4. The van der Waals surface area contributed by atoms with E-state index < -0.39 is 56.1 Å². The van der Waals surface area contributed by atoms with Gasteiger partial charge in [-0.2, -0.15) is 13.2 Å². The lowest BCUT2D eigenvalue weighted by Gasteiger charge is -2.23. The molecule has 0 radical (unpaired) electrons. The molecule has 0 aliphatic heterocycles. The summed E-state index contributed by atoms with van der Waals surface area (Å²) in [4.78, 5) is 12.3. The van der Waals surface area contributed by atoms with Gasteiger partial charge in [-0.05, 0) is 30.5 Å². The summed E-state index contributed by atoms with van der Waals surface area (Å²) in [6.45, 7) is 0.560. The lowest BCUT2D eigenvalue weighted by atomic mass is 10.1. The average Bonchev–Trinajstić information content (AvgIpc) is 2.86. The summed E-state index contributed by atoms with van der Waals surface area (Å²) in [6.07, 6.45) is -3.98. The Morgan fingerprint density at radius 1 is 1.00 bits per heavy atom. The number of hydrogen-bond donors (Lipinski definition) is 1. The standard InChI is InChI=1S/C28H28F5NO5S/c1-40(37,38)25-16-21(15-24(29)22(25)17-26(35)36)39-14-6-12-34(13-11-19-7-3-2-4-8-19)18-20-9-5-10-23(27(20)30)28(31,32)33/h2-5,7-10,15-16H,6,11-14,17-18H2,1H3,(H,35,36). The monoisotopic (exact) mass is 585 g/mol. The molecule has 3 aromatic rings. The van der Waals surface area contributed by atoms with E-state index in [2.05, 4.69) is 0 Å². The van der Waals surface area contributed by atoms with Gasteiger partial charge in [0, 0.05) is 43.1 Å². The summed E-state index contributed by atoms with van der Waals surface area (Å²) in [6, 6.07) is 14.4. The van der Waals surface area contributed by atoms with Gasteiger partial charge in [0.05, 0.1) is 23.5 Å². The average molecular weight is 586 g/mol. The molecule has 0 aliphatic rings. The van der Waals surface area contributed by atoms with Crippen molar-refractivity contribution < 1.29 is 45.0 Å². The van der Waals surface area contributed by atoms with Crippen molar-refractivity contribution in [3.63, 3.8) is 0 Å². The van der Waals surface area contributed by atoms with Crippen molar-refractivity contribution in [3.8, 4) is 5.75 Å². The van der Waals surface area contributed by atoms with E-state index in [0.29, 0.717) is 25.5 Å². The Hall–Kier alpha value is -3.51. The van der Waals surface area contributed by atoms with Crippen LogP contribution >= 0.6 is 0 Å². The van der Waals surface area contributed by atoms with Crippen LogP contribution in [0, 0.1) is 11.6 Å². The molecule has 0 spiro atoms. The number of carboxylic acids is 1. The number of alkyl halides is 3. The van der Waals surface area contributed by atoms with Gasteiger partial charge in [0.25, 0.3) is 0 Å². The van der Waals surface area contributed by atoms with E-state index in [0.717, 1.165) is 30.0 Å². The van der Waals surface area contributed by atoms with E-state index in [9.17, 15) is 35.2 Å².